The van der Waals surface area contributed by atoms with Crippen LogP contribution in [0, 0.1) is 11.8 Å². The summed E-state index contributed by atoms with van der Waals surface area (Å²) in [6.45, 7) is 3.44. The molecule has 1 fully saturated rings. The van der Waals surface area contributed by atoms with Gasteiger partial charge in [0.15, 0.2) is 0 Å². The van der Waals surface area contributed by atoms with Crippen molar-refractivity contribution >= 4 is 5.91 Å². The van der Waals surface area contributed by atoms with Crippen molar-refractivity contribution in [2.45, 2.75) is 12.8 Å². The van der Waals surface area contributed by atoms with Gasteiger partial charge in [0, 0.05) is 38.4 Å². The van der Waals surface area contributed by atoms with Gasteiger partial charge in [-0.25, -0.2) is 0 Å². The molecule has 1 aliphatic rings. The summed E-state index contributed by atoms with van der Waals surface area (Å²) in [6, 6.07) is 1.72. The first-order chi connectivity index (χ1) is 10.2. The maximum absolute atomic E-state index is 12.7. The van der Waals surface area contributed by atoms with Gasteiger partial charge in [-0.05, 0) is 26.1 Å². The van der Waals surface area contributed by atoms with Crippen LogP contribution < -0.4 is 0 Å². The fourth-order valence-corrected chi connectivity index (χ4v) is 2.31. The zero-order valence-electron chi connectivity index (χ0n) is 12.4. The molecular formula is C16H21N3O2. The number of carbonyl (C=O) groups excluding carboxylic acids is 1. The predicted molar refractivity (Wildman–Crippen MR) is 80.8 cm³/mol. The van der Waals surface area contributed by atoms with Crippen LogP contribution in [0.25, 0.3) is 0 Å². The Bertz CT molecular complexity index is 548. The molecular weight excluding hydrogens is 266 g/mol. The molecule has 1 amide bonds. The summed E-state index contributed by atoms with van der Waals surface area (Å²) in [5, 5.41) is 8.78. The molecule has 0 aromatic carbocycles. The number of carbonyl (C=O) groups is 1. The third-order valence-corrected chi connectivity index (χ3v) is 3.52. The van der Waals surface area contributed by atoms with Crippen LogP contribution in [-0.2, 0) is 0 Å². The summed E-state index contributed by atoms with van der Waals surface area (Å²) < 4.78 is 0. The van der Waals surface area contributed by atoms with Gasteiger partial charge < -0.3 is 14.9 Å². The van der Waals surface area contributed by atoms with Crippen molar-refractivity contribution in [3.63, 3.8) is 0 Å². The van der Waals surface area contributed by atoms with E-state index in [2.05, 4.69) is 28.8 Å². The maximum Gasteiger partial charge on any atom is 0.255 e. The van der Waals surface area contributed by atoms with Crippen molar-refractivity contribution in [3.8, 4) is 11.8 Å². The minimum Gasteiger partial charge on any atom is -0.395 e. The second-order valence-electron chi connectivity index (χ2n) is 5.15. The first kappa shape index (κ1) is 15.5. The molecule has 0 atom stereocenters. The Labute approximate surface area is 125 Å². The molecule has 1 aromatic rings. The number of nitrogens with zero attached hydrogens (tertiary/aromatic N) is 3. The van der Waals surface area contributed by atoms with Crippen molar-refractivity contribution in [2.75, 3.05) is 39.8 Å². The highest BCUT2D eigenvalue weighted by molar-refractivity contribution is 5.96. The largest absolute Gasteiger partial charge is 0.395 e. The quantitative estimate of drug-likeness (QED) is 0.809. The van der Waals surface area contributed by atoms with Crippen molar-refractivity contribution in [1.82, 2.24) is 14.8 Å². The lowest BCUT2D eigenvalue weighted by Crippen LogP contribution is -2.34. The van der Waals surface area contributed by atoms with Gasteiger partial charge in [-0.1, -0.05) is 11.8 Å². The van der Waals surface area contributed by atoms with E-state index in [1.807, 2.05) is 4.90 Å². The molecule has 1 aromatic heterocycles. The highest BCUT2D eigenvalue weighted by atomic mass is 16.2. The highest BCUT2D eigenvalue weighted by Crippen LogP contribution is 2.12. The van der Waals surface area contributed by atoms with E-state index in [1.165, 1.54) is 0 Å². The van der Waals surface area contributed by atoms with E-state index < -0.39 is 0 Å². The molecule has 0 radical (unpaired) electrons. The van der Waals surface area contributed by atoms with Gasteiger partial charge >= 0.3 is 0 Å². The minimum atomic E-state index is 0.0148. The summed E-state index contributed by atoms with van der Waals surface area (Å²) in [7, 11) is 2.08. The summed E-state index contributed by atoms with van der Waals surface area (Å²) in [4.78, 5) is 20.8. The van der Waals surface area contributed by atoms with Gasteiger partial charge in [-0.2, -0.15) is 0 Å². The second-order valence-corrected chi connectivity index (χ2v) is 5.15. The van der Waals surface area contributed by atoms with Crippen LogP contribution in [0.15, 0.2) is 18.5 Å². The minimum absolute atomic E-state index is 0.0148. The molecule has 1 saturated heterocycles. The number of aliphatic hydroxyl groups excluding tert-OH is 1. The monoisotopic (exact) mass is 287 g/mol. The molecule has 0 saturated carbocycles. The average molecular weight is 287 g/mol. The smallest absolute Gasteiger partial charge is 0.255 e. The number of amides is 1. The molecule has 0 unspecified atom stereocenters. The number of rotatable bonds is 2. The zero-order chi connectivity index (χ0) is 15.1. The Hall–Kier alpha value is -1.90. The van der Waals surface area contributed by atoms with E-state index in [1.54, 1.807) is 18.5 Å². The van der Waals surface area contributed by atoms with Gasteiger partial charge in [0.05, 0.1) is 17.7 Å². The molecule has 1 aliphatic heterocycles. The van der Waals surface area contributed by atoms with Crippen LogP contribution in [0.3, 0.4) is 0 Å². The van der Waals surface area contributed by atoms with Crippen LogP contribution in [0.2, 0.25) is 0 Å². The second kappa shape index (κ2) is 7.77. The number of aliphatic hydroxyl groups is 1. The molecule has 5 heteroatoms. The van der Waals surface area contributed by atoms with Gasteiger partial charge in [0.25, 0.3) is 5.91 Å². The normalized spacial score (nSPS) is 16.0. The Morgan fingerprint density at radius 1 is 1.38 bits per heavy atom. The number of pyridine rings is 1. The number of hydrogen-bond donors (Lipinski definition) is 1. The molecule has 2 rings (SSSR count). The molecule has 0 spiro atoms. The van der Waals surface area contributed by atoms with Crippen molar-refractivity contribution < 1.29 is 9.90 Å². The Morgan fingerprint density at radius 3 is 3.05 bits per heavy atom. The van der Waals surface area contributed by atoms with Crippen molar-refractivity contribution in [3.05, 3.63) is 29.6 Å². The zero-order valence-corrected chi connectivity index (χ0v) is 12.4. The summed E-state index contributed by atoms with van der Waals surface area (Å²) in [5.41, 5.74) is 1.23. The lowest BCUT2D eigenvalue weighted by atomic mass is 10.1. The van der Waals surface area contributed by atoms with E-state index in [0.717, 1.165) is 32.6 Å². The van der Waals surface area contributed by atoms with E-state index >= 15 is 0 Å². The van der Waals surface area contributed by atoms with Crippen LogP contribution in [0.1, 0.15) is 28.8 Å². The standard InChI is InChI=1S/C16H21N3O2/c1-18-8-4-9-19(11-10-18)16(21)15-6-7-17-13-14(15)5-2-3-12-20/h6-7,13,20H,3-4,8-12H2,1H3. The van der Waals surface area contributed by atoms with E-state index in [-0.39, 0.29) is 12.5 Å². The molecule has 0 aliphatic carbocycles. The van der Waals surface area contributed by atoms with E-state index in [9.17, 15) is 4.79 Å². The molecule has 21 heavy (non-hydrogen) atoms. The molecule has 112 valence electrons. The maximum atomic E-state index is 12.7. The molecule has 0 bridgehead atoms. The third kappa shape index (κ3) is 4.28. The van der Waals surface area contributed by atoms with Crippen LogP contribution in [-0.4, -0.2) is 65.6 Å². The topological polar surface area (TPSA) is 56.7 Å². The highest BCUT2D eigenvalue weighted by Gasteiger charge is 2.20. The van der Waals surface area contributed by atoms with Gasteiger partial charge in [0.2, 0.25) is 0 Å². The van der Waals surface area contributed by atoms with Crippen LogP contribution in [0.4, 0.5) is 0 Å². The van der Waals surface area contributed by atoms with Crippen molar-refractivity contribution in [1.29, 1.82) is 0 Å². The molecule has 1 N–H and O–H groups in total. The van der Waals surface area contributed by atoms with Gasteiger partial charge in [0.1, 0.15) is 0 Å². The lowest BCUT2D eigenvalue weighted by Gasteiger charge is -2.21. The number of aromatic nitrogens is 1. The Balaban J connectivity index is 2.17. The lowest BCUT2D eigenvalue weighted by molar-refractivity contribution is 0.0762. The van der Waals surface area contributed by atoms with E-state index in [4.69, 9.17) is 5.11 Å². The number of hydrogen-bond acceptors (Lipinski definition) is 4. The Kier molecular flexibility index (Phi) is 5.73. The Morgan fingerprint density at radius 2 is 2.24 bits per heavy atom. The van der Waals surface area contributed by atoms with E-state index in [0.29, 0.717) is 17.5 Å². The summed E-state index contributed by atoms with van der Waals surface area (Å²) >= 11 is 0. The summed E-state index contributed by atoms with van der Waals surface area (Å²) in [5.74, 6) is 5.79. The van der Waals surface area contributed by atoms with Crippen LogP contribution in [0.5, 0.6) is 0 Å². The molecule has 2 heterocycles. The first-order valence-electron chi connectivity index (χ1n) is 7.24. The third-order valence-electron chi connectivity index (χ3n) is 3.52. The SMILES string of the molecule is CN1CCCN(C(=O)c2ccncc2C#CCCO)CC1. The van der Waals surface area contributed by atoms with Crippen molar-refractivity contribution in [2.24, 2.45) is 0 Å². The summed E-state index contributed by atoms with van der Waals surface area (Å²) in [6.07, 6.45) is 4.62. The average Bonchev–Trinajstić information content (AvgIpc) is 2.72. The fourth-order valence-electron chi connectivity index (χ4n) is 2.31. The number of likely N-dealkylation sites (N-methyl/N-ethyl adjacent to an activating group) is 1. The molecule has 5 nitrogen and oxygen atoms in total. The first-order valence-corrected chi connectivity index (χ1v) is 7.24. The fraction of sp³-hybridized carbons (Fsp3) is 0.500. The predicted octanol–water partition coefficient (Wildman–Crippen LogP) is 0.593. The van der Waals surface area contributed by atoms with Crippen LogP contribution >= 0.6 is 0 Å². The van der Waals surface area contributed by atoms with Gasteiger partial charge in [-0.15, -0.1) is 0 Å². The van der Waals surface area contributed by atoms with Gasteiger partial charge in [-0.3, -0.25) is 9.78 Å².